The van der Waals surface area contributed by atoms with Gasteiger partial charge < -0.3 is 10.5 Å². The third-order valence-electron chi connectivity index (χ3n) is 3.22. The zero-order valence-corrected chi connectivity index (χ0v) is 10.6. The average molecular weight is 283 g/mol. The number of benzene rings is 1. The first kappa shape index (κ1) is 14.4. The number of carbonyl (C=O) groups excluding carboxylic acids is 1. The quantitative estimate of drug-likeness (QED) is 0.637. The predicted octanol–water partition coefficient (Wildman–Crippen LogP) is 0.420. The summed E-state index contributed by atoms with van der Waals surface area (Å²) in [5.74, 6) is -1.27. The first-order chi connectivity index (χ1) is 9.50. The van der Waals surface area contributed by atoms with E-state index in [1.165, 1.54) is 12.1 Å². The highest BCUT2D eigenvalue weighted by Crippen LogP contribution is 2.24. The van der Waals surface area contributed by atoms with Gasteiger partial charge in [0.25, 0.3) is 5.69 Å². The lowest BCUT2D eigenvalue weighted by atomic mass is 10.1. The average Bonchev–Trinajstić information content (AvgIpc) is 2.41. The van der Waals surface area contributed by atoms with E-state index in [0.717, 1.165) is 6.07 Å². The number of hydrogen-bond donors (Lipinski definition) is 1. The molecule has 1 saturated heterocycles. The Kier molecular flexibility index (Phi) is 4.26. The third kappa shape index (κ3) is 2.91. The lowest BCUT2D eigenvalue weighted by Gasteiger charge is -2.33. The van der Waals surface area contributed by atoms with E-state index in [2.05, 4.69) is 0 Å². The molecule has 8 heteroatoms. The number of ether oxygens (including phenoxy) is 1. The summed E-state index contributed by atoms with van der Waals surface area (Å²) in [5, 5.41) is 10.9. The van der Waals surface area contributed by atoms with Crippen molar-refractivity contribution >= 4 is 11.6 Å². The Morgan fingerprint density at radius 2 is 2.35 bits per heavy atom. The number of primary amides is 1. The molecule has 0 aliphatic carbocycles. The summed E-state index contributed by atoms with van der Waals surface area (Å²) in [6.07, 6.45) is 0. The van der Waals surface area contributed by atoms with Crippen molar-refractivity contribution in [2.45, 2.75) is 12.6 Å². The van der Waals surface area contributed by atoms with Crippen molar-refractivity contribution in [3.8, 4) is 0 Å². The van der Waals surface area contributed by atoms with Gasteiger partial charge in [-0.3, -0.25) is 19.8 Å². The molecule has 0 radical (unpaired) electrons. The Balaban J connectivity index is 2.28. The number of carbonyl (C=O) groups is 1. The van der Waals surface area contributed by atoms with Crippen molar-refractivity contribution in [3.05, 3.63) is 39.7 Å². The number of amides is 1. The normalized spacial score (nSPS) is 19.8. The van der Waals surface area contributed by atoms with Crippen LogP contribution in [0.1, 0.15) is 5.56 Å². The van der Waals surface area contributed by atoms with Crippen LogP contribution < -0.4 is 5.73 Å². The van der Waals surface area contributed by atoms with Crippen LogP contribution in [0.5, 0.6) is 0 Å². The zero-order valence-electron chi connectivity index (χ0n) is 10.6. The molecule has 0 spiro atoms. The van der Waals surface area contributed by atoms with Crippen molar-refractivity contribution in [3.63, 3.8) is 0 Å². The van der Waals surface area contributed by atoms with Crippen LogP contribution in [0.3, 0.4) is 0 Å². The maximum atomic E-state index is 13.8. The third-order valence-corrected chi connectivity index (χ3v) is 3.22. The van der Waals surface area contributed by atoms with Crippen LogP contribution in [0.15, 0.2) is 18.2 Å². The number of halogens is 1. The summed E-state index contributed by atoms with van der Waals surface area (Å²) >= 11 is 0. The van der Waals surface area contributed by atoms with Gasteiger partial charge in [0, 0.05) is 19.2 Å². The maximum Gasteiger partial charge on any atom is 0.276 e. The molecular weight excluding hydrogens is 269 g/mol. The minimum Gasteiger partial charge on any atom is -0.378 e. The van der Waals surface area contributed by atoms with Gasteiger partial charge in [-0.1, -0.05) is 6.07 Å². The fourth-order valence-electron chi connectivity index (χ4n) is 2.17. The van der Waals surface area contributed by atoms with Gasteiger partial charge in [-0.25, -0.2) is 4.39 Å². The molecule has 1 aliphatic rings. The number of nitro groups is 1. The highest BCUT2D eigenvalue weighted by molar-refractivity contribution is 5.80. The SMILES string of the molecule is NC(=O)C1COCCN1Cc1c(F)cccc1[N+](=O)[O-]. The van der Waals surface area contributed by atoms with Crippen LogP contribution in [0.4, 0.5) is 10.1 Å². The Morgan fingerprint density at radius 1 is 1.60 bits per heavy atom. The molecule has 1 aromatic rings. The minimum absolute atomic E-state index is 0.0503. The van der Waals surface area contributed by atoms with Gasteiger partial charge in [-0.2, -0.15) is 0 Å². The number of nitro benzene ring substituents is 1. The molecule has 0 saturated carbocycles. The summed E-state index contributed by atoms with van der Waals surface area (Å²) in [6, 6.07) is 2.96. The van der Waals surface area contributed by atoms with E-state index in [4.69, 9.17) is 10.5 Å². The van der Waals surface area contributed by atoms with E-state index < -0.39 is 22.7 Å². The molecule has 1 unspecified atom stereocenters. The summed E-state index contributed by atoms with van der Waals surface area (Å²) < 4.78 is 19.0. The fourth-order valence-corrected chi connectivity index (χ4v) is 2.17. The van der Waals surface area contributed by atoms with Crippen molar-refractivity contribution in [1.29, 1.82) is 0 Å². The van der Waals surface area contributed by atoms with Crippen LogP contribution >= 0.6 is 0 Å². The molecule has 1 amide bonds. The summed E-state index contributed by atoms with van der Waals surface area (Å²) in [4.78, 5) is 23.2. The van der Waals surface area contributed by atoms with E-state index in [0.29, 0.717) is 13.2 Å². The molecule has 108 valence electrons. The summed E-state index contributed by atoms with van der Waals surface area (Å²) in [7, 11) is 0. The molecule has 1 heterocycles. The molecule has 0 bridgehead atoms. The molecule has 0 aromatic heterocycles. The van der Waals surface area contributed by atoms with E-state index in [1.54, 1.807) is 4.90 Å². The first-order valence-corrected chi connectivity index (χ1v) is 6.03. The monoisotopic (exact) mass is 283 g/mol. The molecule has 2 N–H and O–H groups in total. The van der Waals surface area contributed by atoms with Gasteiger partial charge in [-0.05, 0) is 6.07 Å². The van der Waals surface area contributed by atoms with Crippen molar-refractivity contribution in [2.24, 2.45) is 5.73 Å². The van der Waals surface area contributed by atoms with Gasteiger partial charge in [0.05, 0.1) is 23.7 Å². The second-order valence-electron chi connectivity index (χ2n) is 4.46. The highest BCUT2D eigenvalue weighted by Gasteiger charge is 2.30. The molecule has 1 aromatic carbocycles. The number of nitrogens with zero attached hydrogens (tertiary/aromatic N) is 2. The molecule has 2 rings (SSSR count). The first-order valence-electron chi connectivity index (χ1n) is 6.03. The standard InChI is InChI=1S/C12H14FN3O4/c13-9-2-1-3-10(16(18)19)8(9)6-15-4-5-20-7-11(15)12(14)17/h1-3,11H,4-7H2,(H2,14,17). The van der Waals surface area contributed by atoms with Gasteiger partial charge in [0.15, 0.2) is 0 Å². The molecule has 1 aliphatic heterocycles. The van der Waals surface area contributed by atoms with Gasteiger partial charge >= 0.3 is 0 Å². The summed E-state index contributed by atoms with van der Waals surface area (Å²) in [6.45, 7) is 0.780. The Morgan fingerprint density at radius 3 is 3.00 bits per heavy atom. The maximum absolute atomic E-state index is 13.8. The number of rotatable bonds is 4. The number of nitrogens with two attached hydrogens (primary N) is 1. The molecule has 1 fully saturated rings. The predicted molar refractivity (Wildman–Crippen MR) is 67.3 cm³/mol. The van der Waals surface area contributed by atoms with Crippen LogP contribution in [-0.2, 0) is 16.1 Å². The lowest BCUT2D eigenvalue weighted by molar-refractivity contribution is -0.386. The lowest BCUT2D eigenvalue weighted by Crippen LogP contribution is -2.52. The second-order valence-corrected chi connectivity index (χ2v) is 4.46. The second kappa shape index (κ2) is 5.93. The van der Waals surface area contributed by atoms with Gasteiger partial charge in [0.1, 0.15) is 11.9 Å². The van der Waals surface area contributed by atoms with E-state index in [-0.39, 0.29) is 24.4 Å². The minimum atomic E-state index is -0.706. The number of hydrogen-bond acceptors (Lipinski definition) is 5. The van der Waals surface area contributed by atoms with Crippen molar-refractivity contribution in [2.75, 3.05) is 19.8 Å². The topological polar surface area (TPSA) is 98.7 Å². The smallest absolute Gasteiger partial charge is 0.276 e. The van der Waals surface area contributed by atoms with Gasteiger partial charge in [0.2, 0.25) is 5.91 Å². The molecule has 20 heavy (non-hydrogen) atoms. The number of morpholine rings is 1. The zero-order chi connectivity index (χ0) is 14.7. The van der Waals surface area contributed by atoms with Gasteiger partial charge in [-0.15, -0.1) is 0 Å². The molecule has 1 atom stereocenters. The van der Waals surface area contributed by atoms with E-state index in [9.17, 15) is 19.3 Å². The Labute approximate surface area is 114 Å². The highest BCUT2D eigenvalue weighted by atomic mass is 19.1. The van der Waals surface area contributed by atoms with E-state index >= 15 is 0 Å². The summed E-state index contributed by atoms with van der Waals surface area (Å²) in [5.41, 5.74) is 4.90. The largest absolute Gasteiger partial charge is 0.378 e. The van der Waals surface area contributed by atoms with Crippen molar-refractivity contribution < 1.29 is 18.8 Å². The molecule has 7 nitrogen and oxygen atoms in total. The fraction of sp³-hybridized carbons (Fsp3) is 0.417. The molecular formula is C12H14FN3O4. The Bertz CT molecular complexity index is 537. The Hall–Kier alpha value is -2.06. The van der Waals surface area contributed by atoms with Crippen molar-refractivity contribution in [1.82, 2.24) is 4.90 Å². The van der Waals surface area contributed by atoms with Crippen LogP contribution in [0, 0.1) is 15.9 Å². The van der Waals surface area contributed by atoms with E-state index in [1.807, 2.05) is 0 Å². The van der Waals surface area contributed by atoms with Crippen LogP contribution in [-0.4, -0.2) is 41.5 Å². The van der Waals surface area contributed by atoms with Crippen LogP contribution in [0.25, 0.3) is 0 Å². The van der Waals surface area contributed by atoms with Crippen LogP contribution in [0.2, 0.25) is 0 Å².